The summed E-state index contributed by atoms with van der Waals surface area (Å²) in [5, 5.41) is 0. The highest BCUT2D eigenvalue weighted by atomic mass is 16.6. The summed E-state index contributed by atoms with van der Waals surface area (Å²) in [6, 6.07) is -0.977. The molecule has 1 atom stereocenters. The summed E-state index contributed by atoms with van der Waals surface area (Å²) < 4.78 is 10.5. The summed E-state index contributed by atoms with van der Waals surface area (Å²) in [5.74, 6) is -0.919. The fourth-order valence-corrected chi connectivity index (χ4v) is 1.69. The van der Waals surface area contributed by atoms with E-state index in [4.69, 9.17) is 9.47 Å². The molecule has 0 aliphatic rings. The highest BCUT2D eigenvalue weighted by Gasteiger charge is 2.34. The van der Waals surface area contributed by atoms with Crippen molar-refractivity contribution in [2.45, 2.75) is 65.2 Å². The van der Waals surface area contributed by atoms with Crippen molar-refractivity contribution in [1.82, 2.24) is 9.80 Å². The Balaban J connectivity index is 5.19. The van der Waals surface area contributed by atoms with Crippen LogP contribution < -0.4 is 0 Å². The SMILES string of the molecule is CN(C)C(=O)C(CC(=O)OC(C)(C)C)N(C)C(=O)OC(C)(C)C. The smallest absolute Gasteiger partial charge is 0.410 e. The molecular formula is C16H30N2O5. The zero-order chi connectivity index (χ0) is 18.6. The molecule has 23 heavy (non-hydrogen) atoms. The lowest BCUT2D eigenvalue weighted by atomic mass is 10.1. The molecule has 0 bridgehead atoms. The molecular weight excluding hydrogens is 300 g/mol. The van der Waals surface area contributed by atoms with Crippen molar-refractivity contribution in [3.05, 3.63) is 0 Å². The second kappa shape index (κ2) is 7.66. The molecule has 2 amide bonds. The predicted octanol–water partition coefficient (Wildman–Crippen LogP) is 2.04. The first-order valence-corrected chi connectivity index (χ1v) is 7.53. The zero-order valence-electron chi connectivity index (χ0n) is 15.7. The van der Waals surface area contributed by atoms with E-state index in [1.54, 1.807) is 55.6 Å². The first-order chi connectivity index (χ1) is 10.1. The molecule has 0 aromatic heterocycles. The van der Waals surface area contributed by atoms with Gasteiger partial charge in [-0.1, -0.05) is 0 Å². The molecule has 134 valence electrons. The number of esters is 1. The van der Waals surface area contributed by atoms with Gasteiger partial charge in [-0.3, -0.25) is 14.5 Å². The van der Waals surface area contributed by atoms with Gasteiger partial charge >= 0.3 is 12.1 Å². The second-order valence-corrected chi connectivity index (χ2v) is 7.63. The predicted molar refractivity (Wildman–Crippen MR) is 86.9 cm³/mol. The van der Waals surface area contributed by atoms with Gasteiger partial charge in [-0.05, 0) is 41.5 Å². The molecule has 0 N–H and O–H groups in total. The van der Waals surface area contributed by atoms with Crippen LogP contribution in [0.25, 0.3) is 0 Å². The van der Waals surface area contributed by atoms with E-state index in [0.717, 1.165) is 4.90 Å². The standard InChI is InChI=1S/C16H30N2O5/c1-15(2,3)22-12(19)10-11(13(20)17(7)8)18(9)14(21)23-16(4,5)6/h11H,10H2,1-9H3. The first-order valence-electron chi connectivity index (χ1n) is 7.53. The van der Waals surface area contributed by atoms with Gasteiger partial charge in [0.25, 0.3) is 0 Å². The molecule has 0 rings (SSSR count). The maximum atomic E-state index is 12.3. The average Bonchev–Trinajstić information content (AvgIpc) is 2.29. The molecule has 7 nitrogen and oxygen atoms in total. The Morgan fingerprint density at radius 1 is 0.870 bits per heavy atom. The van der Waals surface area contributed by atoms with Gasteiger partial charge in [0.2, 0.25) is 5.91 Å². The van der Waals surface area contributed by atoms with Crippen molar-refractivity contribution in [2.75, 3.05) is 21.1 Å². The van der Waals surface area contributed by atoms with Crippen molar-refractivity contribution < 1.29 is 23.9 Å². The molecule has 0 fully saturated rings. The third kappa shape index (κ3) is 8.42. The minimum Gasteiger partial charge on any atom is -0.460 e. The summed E-state index contributed by atoms with van der Waals surface area (Å²) in [6.07, 6.45) is -0.898. The maximum absolute atomic E-state index is 12.3. The van der Waals surface area contributed by atoms with Crippen LogP contribution >= 0.6 is 0 Å². The van der Waals surface area contributed by atoms with Gasteiger partial charge in [-0.25, -0.2) is 4.79 Å². The van der Waals surface area contributed by atoms with Gasteiger partial charge in [0, 0.05) is 21.1 Å². The van der Waals surface area contributed by atoms with Crippen LogP contribution in [-0.2, 0) is 19.1 Å². The van der Waals surface area contributed by atoms with Crippen molar-refractivity contribution in [3.63, 3.8) is 0 Å². The molecule has 1 unspecified atom stereocenters. The highest BCUT2D eigenvalue weighted by molar-refractivity contribution is 5.89. The Kier molecular flexibility index (Phi) is 7.06. The summed E-state index contributed by atoms with van der Waals surface area (Å²) in [7, 11) is 4.56. The molecule has 0 aliphatic carbocycles. The number of amides is 2. The minimum atomic E-state index is -0.977. The third-order valence-electron chi connectivity index (χ3n) is 2.65. The Morgan fingerprint density at radius 2 is 1.30 bits per heavy atom. The molecule has 0 saturated heterocycles. The molecule has 0 heterocycles. The van der Waals surface area contributed by atoms with Crippen LogP contribution in [-0.4, -0.2) is 66.2 Å². The molecule has 0 aliphatic heterocycles. The molecule has 7 heteroatoms. The summed E-state index contributed by atoms with van der Waals surface area (Å²) in [4.78, 5) is 39.0. The van der Waals surface area contributed by atoms with Crippen LogP contribution in [0.1, 0.15) is 48.0 Å². The van der Waals surface area contributed by atoms with Crippen LogP contribution in [0, 0.1) is 0 Å². The number of carbonyl (C=O) groups is 3. The molecule has 0 spiro atoms. The van der Waals surface area contributed by atoms with Crippen molar-refractivity contribution in [1.29, 1.82) is 0 Å². The van der Waals surface area contributed by atoms with E-state index < -0.39 is 29.3 Å². The third-order valence-corrected chi connectivity index (χ3v) is 2.65. The number of hydrogen-bond acceptors (Lipinski definition) is 5. The normalized spacial score (nSPS) is 13.1. The van der Waals surface area contributed by atoms with Gasteiger partial charge in [0.1, 0.15) is 17.2 Å². The van der Waals surface area contributed by atoms with E-state index in [9.17, 15) is 14.4 Å². The van der Waals surface area contributed by atoms with Gasteiger partial charge in [0.15, 0.2) is 0 Å². The molecule has 0 aromatic rings. The van der Waals surface area contributed by atoms with Crippen molar-refractivity contribution in [2.24, 2.45) is 0 Å². The van der Waals surface area contributed by atoms with E-state index in [-0.39, 0.29) is 12.3 Å². The fraction of sp³-hybridized carbons (Fsp3) is 0.812. The van der Waals surface area contributed by atoms with Crippen LogP contribution in [0.3, 0.4) is 0 Å². The topological polar surface area (TPSA) is 76.2 Å². The second-order valence-electron chi connectivity index (χ2n) is 7.63. The number of ether oxygens (including phenoxy) is 2. The monoisotopic (exact) mass is 330 g/mol. The maximum Gasteiger partial charge on any atom is 0.410 e. The van der Waals surface area contributed by atoms with Crippen LogP contribution in [0.15, 0.2) is 0 Å². The van der Waals surface area contributed by atoms with Crippen molar-refractivity contribution >= 4 is 18.0 Å². The van der Waals surface area contributed by atoms with E-state index in [2.05, 4.69) is 0 Å². The summed E-state index contributed by atoms with van der Waals surface area (Å²) in [5.41, 5.74) is -1.35. The van der Waals surface area contributed by atoms with E-state index in [1.165, 1.54) is 11.9 Å². The first kappa shape index (κ1) is 21.2. The lowest BCUT2D eigenvalue weighted by molar-refractivity contribution is -0.158. The quantitative estimate of drug-likeness (QED) is 0.737. The van der Waals surface area contributed by atoms with E-state index in [1.807, 2.05) is 0 Å². The van der Waals surface area contributed by atoms with E-state index >= 15 is 0 Å². The largest absolute Gasteiger partial charge is 0.460 e. The number of hydrogen-bond donors (Lipinski definition) is 0. The Morgan fingerprint density at radius 3 is 1.65 bits per heavy atom. The fourth-order valence-electron chi connectivity index (χ4n) is 1.69. The van der Waals surface area contributed by atoms with Crippen LogP contribution in [0.4, 0.5) is 4.79 Å². The summed E-state index contributed by atoms with van der Waals surface area (Å²) >= 11 is 0. The molecule has 0 radical (unpaired) electrons. The van der Waals surface area contributed by atoms with Crippen LogP contribution in [0.2, 0.25) is 0 Å². The summed E-state index contributed by atoms with van der Waals surface area (Å²) in [6.45, 7) is 10.4. The van der Waals surface area contributed by atoms with Gasteiger partial charge < -0.3 is 14.4 Å². The van der Waals surface area contributed by atoms with E-state index in [0.29, 0.717) is 0 Å². The Labute approximate surface area is 138 Å². The van der Waals surface area contributed by atoms with Gasteiger partial charge in [-0.15, -0.1) is 0 Å². The van der Waals surface area contributed by atoms with Gasteiger partial charge in [-0.2, -0.15) is 0 Å². The minimum absolute atomic E-state index is 0.232. The Hall–Kier alpha value is -1.79. The number of likely N-dealkylation sites (N-methyl/N-ethyl adjacent to an activating group) is 2. The van der Waals surface area contributed by atoms with Gasteiger partial charge in [0.05, 0.1) is 6.42 Å². The molecule has 0 saturated carbocycles. The molecule has 0 aromatic carbocycles. The lowest BCUT2D eigenvalue weighted by Crippen LogP contribution is -2.50. The zero-order valence-corrected chi connectivity index (χ0v) is 15.7. The van der Waals surface area contributed by atoms with Crippen LogP contribution in [0.5, 0.6) is 0 Å². The lowest BCUT2D eigenvalue weighted by Gasteiger charge is -2.31. The average molecular weight is 330 g/mol. The highest BCUT2D eigenvalue weighted by Crippen LogP contribution is 2.16. The number of carbonyl (C=O) groups excluding carboxylic acids is 3. The number of nitrogens with zero attached hydrogens (tertiary/aromatic N) is 2. The van der Waals surface area contributed by atoms with Crippen molar-refractivity contribution in [3.8, 4) is 0 Å². The number of rotatable bonds is 4. The Bertz CT molecular complexity index is 446.